The first-order valence-electron chi connectivity index (χ1n) is 7.20. The number of hydrogen-bond donors (Lipinski definition) is 1. The van der Waals surface area contributed by atoms with Crippen LogP contribution in [-0.4, -0.2) is 30.7 Å². The van der Waals surface area contributed by atoms with Crippen LogP contribution in [0.25, 0.3) is 0 Å². The maximum atomic E-state index is 12.4. The van der Waals surface area contributed by atoms with Gasteiger partial charge in [0.15, 0.2) is 5.69 Å². The normalized spacial score (nSPS) is 15.4. The fraction of sp³-hybridized carbons (Fsp3) is 0.538. The molecule has 3 rings (SSSR count). The van der Waals surface area contributed by atoms with E-state index in [0.717, 1.165) is 29.8 Å². The predicted molar refractivity (Wildman–Crippen MR) is 72.0 cm³/mol. The van der Waals surface area contributed by atoms with E-state index >= 15 is 0 Å². The van der Waals surface area contributed by atoms with Crippen LogP contribution in [0.3, 0.4) is 0 Å². The van der Waals surface area contributed by atoms with Crippen molar-refractivity contribution in [2.24, 2.45) is 0 Å². The van der Waals surface area contributed by atoms with Crippen LogP contribution in [0.15, 0.2) is 18.5 Å². The van der Waals surface area contributed by atoms with Crippen LogP contribution in [0, 0.1) is 0 Å². The first-order valence-corrected chi connectivity index (χ1v) is 7.20. The minimum atomic E-state index is -4.51. The zero-order valence-corrected chi connectivity index (χ0v) is 12.1. The van der Waals surface area contributed by atoms with E-state index in [0.29, 0.717) is 11.7 Å². The fourth-order valence-electron chi connectivity index (χ4n) is 2.22. The lowest BCUT2D eigenvalue weighted by atomic mass is 9.93. The fourth-order valence-corrected chi connectivity index (χ4v) is 2.22. The summed E-state index contributed by atoms with van der Waals surface area (Å²) in [6.45, 7) is -0.105. The Morgan fingerprint density at radius 1 is 1.39 bits per heavy atom. The third-order valence-electron chi connectivity index (χ3n) is 3.71. The standard InChI is InChI=1S/C13H15F3N6O/c14-13(15,16)11-4-5-21(19-11)8-12(23)17-6-9-7-22(20-18-9)10-2-1-3-10/h4-5,7,10H,1-3,6,8H2,(H,17,23). The molecule has 0 bridgehead atoms. The van der Waals surface area contributed by atoms with Crippen LogP contribution in [0.5, 0.6) is 0 Å². The summed E-state index contributed by atoms with van der Waals surface area (Å²) in [6, 6.07) is 1.22. The van der Waals surface area contributed by atoms with Crippen molar-refractivity contribution in [3.8, 4) is 0 Å². The third-order valence-corrected chi connectivity index (χ3v) is 3.71. The maximum Gasteiger partial charge on any atom is 0.435 e. The lowest BCUT2D eigenvalue weighted by Gasteiger charge is -2.24. The smallest absolute Gasteiger partial charge is 0.349 e. The van der Waals surface area contributed by atoms with Gasteiger partial charge < -0.3 is 5.32 Å². The molecule has 1 saturated carbocycles. The van der Waals surface area contributed by atoms with Crippen molar-refractivity contribution in [3.05, 3.63) is 29.8 Å². The Morgan fingerprint density at radius 2 is 2.17 bits per heavy atom. The number of aromatic nitrogens is 5. The van der Waals surface area contributed by atoms with E-state index in [9.17, 15) is 18.0 Å². The predicted octanol–water partition coefficient (Wildman–Crippen LogP) is 1.53. The summed E-state index contributed by atoms with van der Waals surface area (Å²) in [5.74, 6) is -0.444. The summed E-state index contributed by atoms with van der Waals surface area (Å²) < 4.78 is 40.0. The van der Waals surface area contributed by atoms with Crippen molar-refractivity contribution in [3.63, 3.8) is 0 Å². The Hall–Kier alpha value is -2.39. The molecule has 0 aromatic carbocycles. The molecular weight excluding hydrogens is 313 g/mol. The minimum absolute atomic E-state index is 0.180. The highest BCUT2D eigenvalue weighted by atomic mass is 19.4. The minimum Gasteiger partial charge on any atom is -0.349 e. The zero-order chi connectivity index (χ0) is 16.4. The second kappa shape index (κ2) is 6.01. The highest BCUT2D eigenvalue weighted by Crippen LogP contribution is 2.30. The van der Waals surface area contributed by atoms with Gasteiger partial charge in [-0.25, -0.2) is 4.68 Å². The number of nitrogens with zero attached hydrogens (tertiary/aromatic N) is 5. The topological polar surface area (TPSA) is 77.6 Å². The Kier molecular flexibility index (Phi) is 4.05. The summed E-state index contributed by atoms with van der Waals surface area (Å²) in [5.41, 5.74) is -0.407. The van der Waals surface area contributed by atoms with Gasteiger partial charge in [0.1, 0.15) is 12.2 Å². The molecule has 1 N–H and O–H groups in total. The van der Waals surface area contributed by atoms with Gasteiger partial charge in [0.2, 0.25) is 5.91 Å². The highest BCUT2D eigenvalue weighted by Gasteiger charge is 2.33. The number of carbonyl (C=O) groups excluding carboxylic acids is 1. The van der Waals surface area contributed by atoms with Gasteiger partial charge in [0.05, 0.1) is 18.8 Å². The summed E-state index contributed by atoms with van der Waals surface area (Å²) in [6.07, 6.45) is 1.73. The molecule has 10 heteroatoms. The Labute approximate surface area is 129 Å². The highest BCUT2D eigenvalue weighted by molar-refractivity contribution is 5.75. The monoisotopic (exact) mass is 328 g/mol. The van der Waals surface area contributed by atoms with Crippen LogP contribution in [0.1, 0.15) is 36.7 Å². The first kappa shape index (κ1) is 15.5. The van der Waals surface area contributed by atoms with E-state index in [1.807, 2.05) is 0 Å². The lowest BCUT2D eigenvalue weighted by Crippen LogP contribution is -2.27. The molecule has 23 heavy (non-hydrogen) atoms. The summed E-state index contributed by atoms with van der Waals surface area (Å²) in [5, 5.41) is 13.9. The molecule has 0 spiro atoms. The molecule has 2 heterocycles. The molecule has 124 valence electrons. The van der Waals surface area contributed by atoms with E-state index in [-0.39, 0.29) is 13.1 Å². The van der Waals surface area contributed by atoms with Gasteiger partial charge >= 0.3 is 6.18 Å². The molecule has 0 aliphatic heterocycles. The maximum absolute atomic E-state index is 12.4. The number of rotatable bonds is 5. The molecule has 1 fully saturated rings. The molecule has 1 aliphatic rings. The van der Waals surface area contributed by atoms with Gasteiger partial charge in [0.25, 0.3) is 0 Å². The molecule has 0 unspecified atom stereocenters. The number of halogens is 3. The summed E-state index contributed by atoms with van der Waals surface area (Å²) in [7, 11) is 0. The Bertz CT molecular complexity index is 688. The van der Waals surface area contributed by atoms with Crippen LogP contribution < -0.4 is 5.32 Å². The number of alkyl halides is 3. The van der Waals surface area contributed by atoms with Crippen molar-refractivity contribution >= 4 is 5.91 Å². The van der Waals surface area contributed by atoms with Crippen molar-refractivity contribution in [2.45, 2.75) is 44.6 Å². The number of nitrogens with one attached hydrogen (secondary N) is 1. The third kappa shape index (κ3) is 3.69. The zero-order valence-electron chi connectivity index (χ0n) is 12.1. The second-order valence-corrected chi connectivity index (χ2v) is 5.45. The van der Waals surface area contributed by atoms with Crippen molar-refractivity contribution in [1.82, 2.24) is 30.1 Å². The van der Waals surface area contributed by atoms with E-state index in [4.69, 9.17) is 0 Å². The van der Waals surface area contributed by atoms with Crippen LogP contribution in [-0.2, 0) is 24.1 Å². The van der Waals surface area contributed by atoms with Gasteiger partial charge in [-0.3, -0.25) is 9.48 Å². The molecule has 0 radical (unpaired) electrons. The number of hydrogen-bond acceptors (Lipinski definition) is 4. The Balaban J connectivity index is 1.49. The Morgan fingerprint density at radius 3 is 2.78 bits per heavy atom. The van der Waals surface area contributed by atoms with Crippen molar-refractivity contribution in [1.29, 1.82) is 0 Å². The van der Waals surface area contributed by atoms with Crippen LogP contribution >= 0.6 is 0 Å². The SMILES string of the molecule is O=C(Cn1ccc(C(F)(F)F)n1)NCc1cn(C2CCC2)nn1. The van der Waals surface area contributed by atoms with Gasteiger partial charge in [-0.05, 0) is 25.3 Å². The van der Waals surface area contributed by atoms with Crippen molar-refractivity contribution < 1.29 is 18.0 Å². The molecule has 1 amide bonds. The molecule has 7 nitrogen and oxygen atoms in total. The quantitative estimate of drug-likeness (QED) is 0.903. The molecule has 0 saturated heterocycles. The van der Waals surface area contributed by atoms with Crippen molar-refractivity contribution in [2.75, 3.05) is 0 Å². The first-order chi connectivity index (χ1) is 10.9. The number of carbonyl (C=O) groups is 1. The average molecular weight is 328 g/mol. The molecular formula is C13H15F3N6O. The second-order valence-electron chi connectivity index (χ2n) is 5.45. The van der Waals surface area contributed by atoms with Gasteiger partial charge in [-0.1, -0.05) is 5.21 Å². The van der Waals surface area contributed by atoms with Gasteiger partial charge in [0, 0.05) is 6.20 Å². The molecule has 1 aliphatic carbocycles. The van der Waals surface area contributed by atoms with Crippen LogP contribution in [0.4, 0.5) is 13.2 Å². The van der Waals surface area contributed by atoms with E-state index < -0.39 is 17.8 Å². The molecule has 2 aromatic heterocycles. The van der Waals surface area contributed by atoms with Gasteiger partial charge in [-0.15, -0.1) is 5.10 Å². The molecule has 0 atom stereocenters. The largest absolute Gasteiger partial charge is 0.435 e. The molecule has 2 aromatic rings. The average Bonchev–Trinajstić information content (AvgIpc) is 3.03. The van der Waals surface area contributed by atoms with E-state index in [1.165, 1.54) is 6.42 Å². The summed E-state index contributed by atoms with van der Waals surface area (Å²) >= 11 is 0. The van der Waals surface area contributed by atoms with Gasteiger partial charge in [-0.2, -0.15) is 18.3 Å². The van der Waals surface area contributed by atoms with E-state index in [2.05, 4.69) is 20.7 Å². The lowest BCUT2D eigenvalue weighted by molar-refractivity contribution is -0.141. The summed E-state index contributed by atoms with van der Waals surface area (Å²) in [4.78, 5) is 11.7. The number of amides is 1. The van der Waals surface area contributed by atoms with E-state index in [1.54, 1.807) is 10.9 Å². The van der Waals surface area contributed by atoms with Crippen LogP contribution in [0.2, 0.25) is 0 Å².